The van der Waals surface area contributed by atoms with Crippen molar-refractivity contribution in [1.29, 1.82) is 0 Å². The van der Waals surface area contributed by atoms with E-state index >= 15 is 0 Å². The van der Waals surface area contributed by atoms with Crippen molar-refractivity contribution in [3.05, 3.63) is 29.8 Å². The number of methoxy groups -OCH3 is 1. The lowest BCUT2D eigenvalue weighted by atomic mass is 9.80. The number of rotatable bonds is 5. The molecule has 2 rings (SSSR count). The lowest BCUT2D eigenvalue weighted by Crippen LogP contribution is -2.57. The van der Waals surface area contributed by atoms with Crippen molar-refractivity contribution < 1.29 is 4.74 Å². The van der Waals surface area contributed by atoms with Gasteiger partial charge in [-0.2, -0.15) is 0 Å². The Morgan fingerprint density at radius 3 is 2.48 bits per heavy atom. The minimum Gasteiger partial charge on any atom is -0.497 e. The summed E-state index contributed by atoms with van der Waals surface area (Å²) in [5.74, 6) is 0.910. The lowest BCUT2D eigenvalue weighted by molar-refractivity contribution is 0.0283. The van der Waals surface area contributed by atoms with Gasteiger partial charge < -0.3 is 10.5 Å². The first-order valence-corrected chi connectivity index (χ1v) is 7.97. The number of hydrogen-bond acceptors (Lipinski definition) is 3. The predicted octanol–water partition coefficient (Wildman–Crippen LogP) is 3.08. The van der Waals surface area contributed by atoms with Crippen molar-refractivity contribution in [2.24, 2.45) is 11.1 Å². The van der Waals surface area contributed by atoms with Crippen LogP contribution in [0.25, 0.3) is 0 Å². The molecule has 0 spiro atoms. The van der Waals surface area contributed by atoms with Crippen LogP contribution >= 0.6 is 0 Å². The van der Waals surface area contributed by atoms with Crippen LogP contribution in [-0.2, 0) is 6.42 Å². The molecule has 0 saturated carbocycles. The zero-order chi connectivity index (χ0) is 15.5. The third kappa shape index (κ3) is 3.98. The van der Waals surface area contributed by atoms with Crippen LogP contribution in [0, 0.1) is 5.41 Å². The molecule has 0 bridgehead atoms. The summed E-state index contributed by atoms with van der Waals surface area (Å²) in [6.45, 7) is 10.0. The Morgan fingerprint density at radius 1 is 1.29 bits per heavy atom. The van der Waals surface area contributed by atoms with E-state index in [2.05, 4.69) is 37.8 Å². The molecular formula is C18H30N2O. The van der Waals surface area contributed by atoms with Crippen molar-refractivity contribution >= 4 is 0 Å². The van der Waals surface area contributed by atoms with Gasteiger partial charge in [-0.15, -0.1) is 0 Å². The zero-order valence-electron chi connectivity index (χ0n) is 14.0. The average molecular weight is 290 g/mol. The van der Waals surface area contributed by atoms with E-state index in [0.717, 1.165) is 25.3 Å². The Balaban J connectivity index is 2.12. The first-order chi connectivity index (χ1) is 9.88. The van der Waals surface area contributed by atoms with Gasteiger partial charge in [0.05, 0.1) is 7.11 Å². The van der Waals surface area contributed by atoms with Gasteiger partial charge in [-0.05, 0) is 55.8 Å². The summed E-state index contributed by atoms with van der Waals surface area (Å²) in [5.41, 5.74) is 7.92. The highest BCUT2D eigenvalue weighted by Gasteiger charge is 2.36. The molecule has 3 heteroatoms. The van der Waals surface area contributed by atoms with Crippen LogP contribution < -0.4 is 10.5 Å². The van der Waals surface area contributed by atoms with Crippen molar-refractivity contribution in [3.63, 3.8) is 0 Å². The van der Waals surface area contributed by atoms with Gasteiger partial charge in [0.15, 0.2) is 0 Å². The topological polar surface area (TPSA) is 38.5 Å². The summed E-state index contributed by atoms with van der Waals surface area (Å²) < 4.78 is 5.23. The molecule has 1 saturated heterocycles. The van der Waals surface area contributed by atoms with Crippen molar-refractivity contribution in [3.8, 4) is 5.75 Å². The fraction of sp³-hybridized carbons (Fsp3) is 0.667. The lowest BCUT2D eigenvalue weighted by Gasteiger charge is -2.48. The Hall–Kier alpha value is -1.06. The van der Waals surface area contributed by atoms with Gasteiger partial charge in [-0.1, -0.05) is 26.0 Å². The molecule has 0 amide bonds. The van der Waals surface area contributed by atoms with E-state index in [-0.39, 0.29) is 5.54 Å². The number of nitrogens with zero attached hydrogens (tertiary/aromatic N) is 1. The smallest absolute Gasteiger partial charge is 0.118 e. The molecule has 1 unspecified atom stereocenters. The maximum Gasteiger partial charge on any atom is 0.118 e. The van der Waals surface area contributed by atoms with Gasteiger partial charge in [0.1, 0.15) is 5.75 Å². The summed E-state index contributed by atoms with van der Waals surface area (Å²) >= 11 is 0. The van der Waals surface area contributed by atoms with Gasteiger partial charge in [-0.3, -0.25) is 4.90 Å². The molecule has 2 N–H and O–H groups in total. The molecule has 0 aliphatic carbocycles. The third-order valence-electron chi connectivity index (χ3n) is 4.85. The summed E-state index contributed by atoms with van der Waals surface area (Å²) in [5, 5.41) is 0. The van der Waals surface area contributed by atoms with E-state index in [9.17, 15) is 0 Å². The second-order valence-electron chi connectivity index (χ2n) is 7.42. The number of ether oxygens (including phenoxy) is 1. The van der Waals surface area contributed by atoms with E-state index < -0.39 is 0 Å². The van der Waals surface area contributed by atoms with E-state index in [1.807, 2.05) is 12.1 Å². The minimum absolute atomic E-state index is 0.0340. The van der Waals surface area contributed by atoms with Crippen molar-refractivity contribution in [1.82, 2.24) is 4.90 Å². The fourth-order valence-electron chi connectivity index (χ4n) is 3.38. The van der Waals surface area contributed by atoms with E-state index in [1.54, 1.807) is 7.11 Å². The Bertz CT molecular complexity index is 455. The molecular weight excluding hydrogens is 260 g/mol. The van der Waals surface area contributed by atoms with Crippen LogP contribution in [0.2, 0.25) is 0 Å². The summed E-state index contributed by atoms with van der Waals surface area (Å²) in [7, 11) is 1.70. The number of likely N-dealkylation sites (tertiary alicyclic amines) is 1. The molecule has 1 atom stereocenters. The van der Waals surface area contributed by atoms with E-state index in [4.69, 9.17) is 10.5 Å². The molecule has 0 aromatic heterocycles. The maximum atomic E-state index is 6.16. The number of benzene rings is 1. The molecule has 1 aliphatic rings. The van der Waals surface area contributed by atoms with Gasteiger partial charge in [0.2, 0.25) is 0 Å². The quantitative estimate of drug-likeness (QED) is 0.905. The Labute approximate surface area is 129 Å². The maximum absolute atomic E-state index is 6.16. The first-order valence-electron chi connectivity index (χ1n) is 7.97. The van der Waals surface area contributed by atoms with Crippen LogP contribution in [0.4, 0.5) is 0 Å². The highest BCUT2D eigenvalue weighted by Crippen LogP contribution is 2.33. The zero-order valence-corrected chi connectivity index (χ0v) is 14.0. The number of piperidine rings is 1. The van der Waals surface area contributed by atoms with Gasteiger partial charge in [-0.25, -0.2) is 0 Å². The van der Waals surface area contributed by atoms with Gasteiger partial charge in [0, 0.05) is 18.6 Å². The second kappa shape index (κ2) is 6.37. The third-order valence-corrected chi connectivity index (χ3v) is 4.85. The molecule has 1 aromatic carbocycles. The Morgan fingerprint density at radius 2 is 1.95 bits per heavy atom. The van der Waals surface area contributed by atoms with E-state index in [0.29, 0.717) is 12.0 Å². The summed E-state index contributed by atoms with van der Waals surface area (Å²) in [6.07, 6.45) is 3.57. The van der Waals surface area contributed by atoms with Crippen molar-refractivity contribution in [2.75, 3.05) is 26.7 Å². The summed E-state index contributed by atoms with van der Waals surface area (Å²) in [6, 6.07) is 8.38. The fourth-order valence-corrected chi connectivity index (χ4v) is 3.38. The number of hydrogen-bond donors (Lipinski definition) is 1. The van der Waals surface area contributed by atoms with E-state index in [1.165, 1.54) is 18.4 Å². The highest BCUT2D eigenvalue weighted by molar-refractivity contribution is 5.28. The highest BCUT2D eigenvalue weighted by atomic mass is 16.5. The average Bonchev–Trinajstić information content (AvgIpc) is 2.47. The normalized spacial score (nSPS) is 21.8. The number of nitrogens with two attached hydrogens (primary N) is 1. The Kier molecular flexibility index (Phi) is 4.95. The van der Waals surface area contributed by atoms with Crippen LogP contribution in [-0.4, -0.2) is 37.2 Å². The minimum atomic E-state index is 0.0340. The van der Waals surface area contributed by atoms with Gasteiger partial charge in [0.25, 0.3) is 0 Å². The summed E-state index contributed by atoms with van der Waals surface area (Å²) in [4.78, 5) is 2.60. The van der Waals surface area contributed by atoms with Crippen molar-refractivity contribution in [2.45, 2.75) is 45.6 Å². The van der Waals surface area contributed by atoms with Crippen LogP contribution in [0.5, 0.6) is 5.75 Å². The second-order valence-corrected chi connectivity index (χ2v) is 7.42. The molecule has 118 valence electrons. The monoisotopic (exact) mass is 290 g/mol. The van der Waals surface area contributed by atoms with Gasteiger partial charge >= 0.3 is 0 Å². The predicted molar refractivity (Wildman–Crippen MR) is 88.7 cm³/mol. The standard InChI is InChI=1S/C18H30N2O/c1-17(2)10-5-11-20(14-17)18(3,13-19)12-15-6-8-16(21-4)9-7-15/h6-9H,5,10-14,19H2,1-4H3. The van der Waals surface area contributed by atoms with Crippen LogP contribution in [0.15, 0.2) is 24.3 Å². The molecule has 1 aliphatic heterocycles. The van der Waals surface area contributed by atoms with Crippen LogP contribution in [0.3, 0.4) is 0 Å². The SMILES string of the molecule is COc1ccc(CC(C)(CN)N2CCCC(C)(C)C2)cc1. The molecule has 21 heavy (non-hydrogen) atoms. The molecule has 1 heterocycles. The molecule has 0 radical (unpaired) electrons. The van der Waals surface area contributed by atoms with Crippen LogP contribution in [0.1, 0.15) is 39.2 Å². The largest absolute Gasteiger partial charge is 0.497 e. The molecule has 1 fully saturated rings. The molecule has 3 nitrogen and oxygen atoms in total. The molecule has 1 aromatic rings. The first kappa shape index (κ1) is 16.3.